The number of benzene rings is 1. The topological polar surface area (TPSA) is 29.5 Å². The zero-order valence-electron chi connectivity index (χ0n) is 10.2. The molecule has 1 N–H and O–H groups in total. The number of aryl methyl sites for hydroxylation is 1. The van der Waals surface area contributed by atoms with Gasteiger partial charge in [0.1, 0.15) is 11.9 Å². The van der Waals surface area contributed by atoms with E-state index in [1.807, 2.05) is 6.92 Å². The first-order valence-corrected chi connectivity index (χ1v) is 5.46. The Hall–Kier alpha value is -0.930. The summed E-state index contributed by atoms with van der Waals surface area (Å²) in [5.41, 5.74) is 0.631. The average molecular weight is 226 g/mol. The number of ether oxygens (including phenoxy) is 1. The second-order valence-electron chi connectivity index (χ2n) is 4.50. The van der Waals surface area contributed by atoms with Gasteiger partial charge in [-0.15, -0.1) is 0 Å². The van der Waals surface area contributed by atoms with Crippen molar-refractivity contribution in [3.63, 3.8) is 0 Å². The first-order chi connectivity index (χ1) is 7.36. The molecule has 0 aliphatic carbocycles. The van der Waals surface area contributed by atoms with E-state index in [1.165, 1.54) is 12.1 Å². The average Bonchev–Trinajstić information content (AvgIpc) is 2.14. The summed E-state index contributed by atoms with van der Waals surface area (Å²) in [4.78, 5) is 0. The van der Waals surface area contributed by atoms with Crippen molar-refractivity contribution in [1.29, 1.82) is 0 Å². The first kappa shape index (κ1) is 13.1. The lowest BCUT2D eigenvalue weighted by Gasteiger charge is -2.30. The highest BCUT2D eigenvalue weighted by Crippen LogP contribution is 2.29. The fraction of sp³-hybridized carbons (Fsp3) is 0.538. The third-order valence-corrected chi connectivity index (χ3v) is 2.56. The largest absolute Gasteiger partial charge is 0.385 e. The van der Waals surface area contributed by atoms with E-state index in [-0.39, 0.29) is 5.82 Å². The van der Waals surface area contributed by atoms with Gasteiger partial charge in [0, 0.05) is 6.61 Å². The van der Waals surface area contributed by atoms with Gasteiger partial charge in [0.05, 0.1) is 5.60 Å². The van der Waals surface area contributed by atoms with Crippen molar-refractivity contribution in [2.45, 2.75) is 39.4 Å². The molecule has 3 heteroatoms. The van der Waals surface area contributed by atoms with Gasteiger partial charge >= 0.3 is 0 Å². The zero-order valence-corrected chi connectivity index (χ0v) is 10.2. The molecule has 90 valence electrons. The van der Waals surface area contributed by atoms with Crippen molar-refractivity contribution in [2.75, 3.05) is 6.61 Å². The highest BCUT2D eigenvalue weighted by Gasteiger charge is 2.29. The lowest BCUT2D eigenvalue weighted by atomic mass is 9.93. The zero-order chi connectivity index (χ0) is 12.3. The third kappa shape index (κ3) is 3.03. The standard InChI is InChI=1S/C13H19FO2/c1-5-16-13(3,4)12(15)10-6-9(2)7-11(14)8-10/h6-8,12,15H,5H2,1-4H3. The van der Waals surface area contributed by atoms with E-state index in [0.717, 1.165) is 5.56 Å². The van der Waals surface area contributed by atoms with Crippen LogP contribution < -0.4 is 0 Å². The van der Waals surface area contributed by atoms with Crippen LogP contribution in [0, 0.1) is 12.7 Å². The van der Waals surface area contributed by atoms with Crippen LogP contribution in [0.5, 0.6) is 0 Å². The molecule has 0 heterocycles. The van der Waals surface area contributed by atoms with Crippen LogP contribution in [0.15, 0.2) is 18.2 Å². The Labute approximate surface area is 96.1 Å². The second-order valence-corrected chi connectivity index (χ2v) is 4.50. The van der Waals surface area contributed by atoms with Crippen molar-refractivity contribution in [1.82, 2.24) is 0 Å². The van der Waals surface area contributed by atoms with Crippen molar-refractivity contribution in [3.8, 4) is 0 Å². The summed E-state index contributed by atoms with van der Waals surface area (Å²) in [5.74, 6) is -0.332. The molecule has 2 nitrogen and oxygen atoms in total. The van der Waals surface area contributed by atoms with Crippen LogP contribution in [0.25, 0.3) is 0 Å². The molecule has 0 amide bonds. The van der Waals surface area contributed by atoms with Crippen molar-refractivity contribution < 1.29 is 14.2 Å². The van der Waals surface area contributed by atoms with Crippen LogP contribution in [0.3, 0.4) is 0 Å². The molecule has 0 saturated heterocycles. The van der Waals surface area contributed by atoms with E-state index in [0.29, 0.717) is 12.2 Å². The molecule has 0 saturated carbocycles. The number of aliphatic hydroxyl groups is 1. The van der Waals surface area contributed by atoms with Crippen LogP contribution in [-0.4, -0.2) is 17.3 Å². The summed E-state index contributed by atoms with van der Waals surface area (Å²) in [6.07, 6.45) is -0.832. The van der Waals surface area contributed by atoms with Gasteiger partial charge in [-0.05, 0) is 51.0 Å². The molecule has 1 aromatic rings. The van der Waals surface area contributed by atoms with E-state index in [2.05, 4.69) is 0 Å². The SMILES string of the molecule is CCOC(C)(C)C(O)c1cc(C)cc(F)c1. The third-order valence-electron chi connectivity index (χ3n) is 2.56. The Morgan fingerprint density at radius 1 is 1.38 bits per heavy atom. The number of halogens is 1. The quantitative estimate of drug-likeness (QED) is 0.855. The molecule has 0 bridgehead atoms. The van der Waals surface area contributed by atoms with E-state index in [9.17, 15) is 9.50 Å². The van der Waals surface area contributed by atoms with E-state index in [4.69, 9.17) is 4.74 Å². The van der Waals surface area contributed by atoms with Crippen LogP contribution >= 0.6 is 0 Å². The van der Waals surface area contributed by atoms with E-state index >= 15 is 0 Å². The molecule has 0 fully saturated rings. The van der Waals surface area contributed by atoms with Gasteiger partial charge in [-0.25, -0.2) is 4.39 Å². The Kier molecular flexibility index (Phi) is 4.05. The summed E-state index contributed by atoms with van der Waals surface area (Å²) in [6.45, 7) is 7.76. The van der Waals surface area contributed by atoms with Crippen LogP contribution in [0.2, 0.25) is 0 Å². The molecule has 0 radical (unpaired) electrons. The van der Waals surface area contributed by atoms with Gasteiger partial charge in [-0.2, -0.15) is 0 Å². The lowest BCUT2D eigenvalue weighted by Crippen LogP contribution is -2.32. The Balaban J connectivity index is 2.99. The number of hydrogen-bond donors (Lipinski definition) is 1. The predicted molar refractivity (Wildman–Crippen MR) is 61.8 cm³/mol. The Morgan fingerprint density at radius 2 is 2.00 bits per heavy atom. The summed E-state index contributed by atoms with van der Waals surface area (Å²) in [6, 6.07) is 4.55. The highest BCUT2D eigenvalue weighted by molar-refractivity contribution is 5.26. The molecule has 16 heavy (non-hydrogen) atoms. The monoisotopic (exact) mass is 226 g/mol. The van der Waals surface area contributed by atoms with Crippen LogP contribution in [0.1, 0.15) is 38.0 Å². The first-order valence-electron chi connectivity index (χ1n) is 5.46. The van der Waals surface area contributed by atoms with Gasteiger partial charge in [0.15, 0.2) is 0 Å². The van der Waals surface area contributed by atoms with Gasteiger partial charge in [-0.3, -0.25) is 0 Å². The molecule has 1 aromatic carbocycles. The van der Waals surface area contributed by atoms with Gasteiger partial charge in [-0.1, -0.05) is 6.07 Å². The minimum Gasteiger partial charge on any atom is -0.385 e. The van der Waals surface area contributed by atoms with Crippen molar-refractivity contribution in [2.24, 2.45) is 0 Å². The summed E-state index contributed by atoms with van der Waals surface area (Å²) in [7, 11) is 0. The lowest BCUT2D eigenvalue weighted by molar-refractivity contribution is -0.0984. The van der Waals surface area contributed by atoms with E-state index < -0.39 is 11.7 Å². The van der Waals surface area contributed by atoms with Crippen LogP contribution in [0.4, 0.5) is 4.39 Å². The number of aliphatic hydroxyl groups excluding tert-OH is 1. The number of hydrogen-bond acceptors (Lipinski definition) is 2. The molecular weight excluding hydrogens is 207 g/mol. The fourth-order valence-electron chi connectivity index (χ4n) is 1.77. The molecule has 0 aliphatic heterocycles. The van der Waals surface area contributed by atoms with Gasteiger partial charge in [0.2, 0.25) is 0 Å². The van der Waals surface area contributed by atoms with E-state index in [1.54, 1.807) is 26.8 Å². The molecule has 1 rings (SSSR count). The molecule has 1 atom stereocenters. The summed E-state index contributed by atoms with van der Waals surface area (Å²) < 4.78 is 18.7. The smallest absolute Gasteiger partial charge is 0.123 e. The molecule has 1 unspecified atom stereocenters. The molecular formula is C13H19FO2. The minimum atomic E-state index is -0.832. The minimum absolute atomic E-state index is 0.332. The predicted octanol–water partition coefficient (Wildman–Crippen LogP) is 2.98. The van der Waals surface area contributed by atoms with Crippen molar-refractivity contribution >= 4 is 0 Å². The Bertz CT molecular complexity index is 341. The molecule has 0 aliphatic rings. The number of rotatable bonds is 4. The van der Waals surface area contributed by atoms with Crippen LogP contribution in [-0.2, 0) is 4.74 Å². The molecule has 0 spiro atoms. The maximum atomic E-state index is 13.2. The maximum Gasteiger partial charge on any atom is 0.123 e. The summed E-state index contributed by atoms with van der Waals surface area (Å²) >= 11 is 0. The maximum absolute atomic E-state index is 13.2. The highest BCUT2D eigenvalue weighted by atomic mass is 19.1. The summed E-state index contributed by atoms with van der Waals surface area (Å²) in [5, 5.41) is 10.1. The van der Waals surface area contributed by atoms with Crippen molar-refractivity contribution in [3.05, 3.63) is 35.1 Å². The Morgan fingerprint density at radius 3 is 2.50 bits per heavy atom. The molecule has 0 aromatic heterocycles. The second kappa shape index (κ2) is 4.93. The van der Waals surface area contributed by atoms with Gasteiger partial charge in [0.25, 0.3) is 0 Å². The van der Waals surface area contributed by atoms with Gasteiger partial charge < -0.3 is 9.84 Å². The fourth-order valence-corrected chi connectivity index (χ4v) is 1.77. The normalized spacial score (nSPS) is 13.9.